The number of nitrogens with zero attached hydrogens (tertiary/aromatic N) is 2. The number of piperidine rings is 1. The first-order valence-electron chi connectivity index (χ1n) is 10.2. The lowest BCUT2D eigenvalue weighted by molar-refractivity contribution is -0.136. The van der Waals surface area contributed by atoms with Crippen molar-refractivity contribution in [3.8, 4) is 6.07 Å². The smallest absolute Gasteiger partial charge is 0.313 e. The predicted octanol–water partition coefficient (Wildman–Crippen LogP) is 2.90. The van der Waals surface area contributed by atoms with E-state index >= 15 is 0 Å². The predicted molar refractivity (Wildman–Crippen MR) is 120 cm³/mol. The molecule has 2 aromatic rings. The van der Waals surface area contributed by atoms with Gasteiger partial charge in [-0.15, -0.1) is 0 Å². The number of anilines is 1. The molecule has 2 N–H and O–H groups in total. The number of carbonyl (C=O) groups excluding carboxylic acids is 2. The molecular weight excluding hydrogens is 452 g/mol. The van der Waals surface area contributed by atoms with Crippen LogP contribution in [0.15, 0.2) is 53.4 Å². The third-order valence-electron chi connectivity index (χ3n) is 5.26. The highest BCUT2D eigenvalue weighted by molar-refractivity contribution is 7.89. The van der Waals surface area contributed by atoms with Crippen LogP contribution in [0.1, 0.15) is 31.2 Å². The molecule has 1 atom stereocenters. The quantitative estimate of drug-likeness (QED) is 0.624. The van der Waals surface area contributed by atoms with Crippen LogP contribution in [-0.2, 0) is 19.6 Å². The van der Waals surface area contributed by atoms with E-state index in [1.54, 1.807) is 12.1 Å². The Labute approximate surface area is 192 Å². The van der Waals surface area contributed by atoms with Crippen molar-refractivity contribution in [1.82, 2.24) is 9.62 Å². The fourth-order valence-electron chi connectivity index (χ4n) is 3.62. The number of benzene rings is 2. The maximum atomic E-state index is 13.1. The molecule has 2 aromatic carbocycles. The number of amides is 2. The Balaban J connectivity index is 1.59. The maximum absolute atomic E-state index is 13.1. The third kappa shape index (κ3) is 5.65. The molecule has 1 aliphatic rings. The monoisotopic (exact) mass is 474 g/mol. The molecule has 0 spiro atoms. The third-order valence-corrected chi connectivity index (χ3v) is 7.48. The van der Waals surface area contributed by atoms with Gasteiger partial charge in [0, 0.05) is 24.2 Å². The molecule has 0 radical (unpaired) electrons. The Bertz CT molecular complexity index is 1130. The van der Waals surface area contributed by atoms with E-state index < -0.39 is 21.8 Å². The molecule has 10 heteroatoms. The normalized spacial score (nSPS) is 16.7. The second-order valence-corrected chi connectivity index (χ2v) is 9.70. The topological polar surface area (TPSA) is 119 Å². The average Bonchev–Trinajstić information content (AvgIpc) is 2.80. The average molecular weight is 475 g/mol. The van der Waals surface area contributed by atoms with Gasteiger partial charge in [-0.3, -0.25) is 9.59 Å². The summed E-state index contributed by atoms with van der Waals surface area (Å²) in [6.07, 6.45) is 2.69. The zero-order valence-corrected chi connectivity index (χ0v) is 18.8. The van der Waals surface area contributed by atoms with Gasteiger partial charge in [-0.1, -0.05) is 30.2 Å². The van der Waals surface area contributed by atoms with E-state index in [2.05, 4.69) is 10.6 Å². The molecule has 0 saturated carbocycles. The molecule has 32 heavy (non-hydrogen) atoms. The van der Waals surface area contributed by atoms with Crippen LogP contribution in [0.5, 0.6) is 0 Å². The van der Waals surface area contributed by atoms with Crippen molar-refractivity contribution in [3.63, 3.8) is 0 Å². The summed E-state index contributed by atoms with van der Waals surface area (Å²) in [4.78, 5) is 24.5. The summed E-state index contributed by atoms with van der Waals surface area (Å²) in [5, 5.41) is 14.5. The number of carbonyl (C=O) groups is 2. The molecule has 0 unspecified atom stereocenters. The lowest BCUT2D eigenvalue weighted by Crippen LogP contribution is -2.45. The van der Waals surface area contributed by atoms with Gasteiger partial charge in [0.25, 0.3) is 0 Å². The number of hydrogen-bond acceptors (Lipinski definition) is 5. The van der Waals surface area contributed by atoms with Gasteiger partial charge >= 0.3 is 11.8 Å². The highest BCUT2D eigenvalue weighted by Crippen LogP contribution is 2.27. The van der Waals surface area contributed by atoms with Crippen molar-refractivity contribution >= 4 is 39.1 Å². The molecule has 2 amide bonds. The molecule has 0 aliphatic carbocycles. The van der Waals surface area contributed by atoms with Gasteiger partial charge in [0.15, 0.2) is 0 Å². The zero-order chi connectivity index (χ0) is 23.1. The Morgan fingerprint density at radius 3 is 2.53 bits per heavy atom. The number of nitrogens with one attached hydrogen (secondary N) is 2. The van der Waals surface area contributed by atoms with E-state index in [-0.39, 0.29) is 28.7 Å². The van der Waals surface area contributed by atoms with E-state index in [4.69, 9.17) is 16.9 Å². The molecule has 0 aromatic heterocycles. The van der Waals surface area contributed by atoms with Crippen LogP contribution in [0, 0.1) is 11.3 Å². The summed E-state index contributed by atoms with van der Waals surface area (Å²) in [6, 6.07) is 14.1. The molecule has 8 nitrogen and oxygen atoms in total. The molecule has 1 aliphatic heterocycles. The van der Waals surface area contributed by atoms with Gasteiger partial charge in [0.1, 0.15) is 6.07 Å². The van der Waals surface area contributed by atoms with E-state index in [0.29, 0.717) is 24.4 Å². The highest BCUT2D eigenvalue weighted by atomic mass is 35.5. The Kier molecular flexibility index (Phi) is 7.85. The SMILES string of the molecule is N#Cc1ccccc1NC(=O)C(=O)NCC[C@@H]1CCCCN1S(=O)(=O)c1ccc(Cl)cc1. The number of sulfonamides is 1. The number of nitriles is 1. The minimum atomic E-state index is -3.69. The first-order valence-corrected chi connectivity index (χ1v) is 12.0. The summed E-state index contributed by atoms with van der Waals surface area (Å²) in [7, 11) is -3.69. The van der Waals surface area contributed by atoms with Crippen LogP contribution in [0.3, 0.4) is 0 Å². The second kappa shape index (κ2) is 10.6. The van der Waals surface area contributed by atoms with Crippen LogP contribution in [0.25, 0.3) is 0 Å². The van der Waals surface area contributed by atoms with E-state index in [9.17, 15) is 18.0 Å². The first-order chi connectivity index (χ1) is 15.3. The van der Waals surface area contributed by atoms with Gasteiger partial charge < -0.3 is 10.6 Å². The molecular formula is C22H23ClN4O4S. The molecule has 0 bridgehead atoms. The fourth-order valence-corrected chi connectivity index (χ4v) is 5.47. The largest absolute Gasteiger partial charge is 0.348 e. The number of para-hydroxylation sites is 1. The van der Waals surface area contributed by atoms with Crippen molar-refractivity contribution in [2.75, 3.05) is 18.4 Å². The summed E-state index contributed by atoms with van der Waals surface area (Å²) in [6.45, 7) is 0.540. The minimum Gasteiger partial charge on any atom is -0.348 e. The minimum absolute atomic E-state index is 0.142. The number of hydrogen-bond donors (Lipinski definition) is 2. The summed E-state index contributed by atoms with van der Waals surface area (Å²) in [5.41, 5.74) is 0.501. The lowest BCUT2D eigenvalue weighted by atomic mass is 10.0. The van der Waals surface area contributed by atoms with Crippen molar-refractivity contribution < 1.29 is 18.0 Å². The molecule has 1 heterocycles. The molecule has 1 saturated heterocycles. The molecule has 1 fully saturated rings. The van der Waals surface area contributed by atoms with E-state index in [0.717, 1.165) is 12.8 Å². The Morgan fingerprint density at radius 2 is 1.81 bits per heavy atom. The van der Waals surface area contributed by atoms with Gasteiger partial charge in [-0.25, -0.2) is 8.42 Å². The summed E-state index contributed by atoms with van der Waals surface area (Å²) >= 11 is 5.87. The highest BCUT2D eigenvalue weighted by Gasteiger charge is 2.33. The van der Waals surface area contributed by atoms with Crippen LogP contribution < -0.4 is 10.6 Å². The summed E-state index contributed by atoms with van der Waals surface area (Å²) < 4.78 is 27.6. The van der Waals surface area contributed by atoms with Crippen LogP contribution in [-0.4, -0.2) is 43.7 Å². The zero-order valence-electron chi connectivity index (χ0n) is 17.3. The van der Waals surface area contributed by atoms with Gasteiger partial charge in [-0.2, -0.15) is 9.57 Å². The number of rotatable bonds is 6. The fraction of sp³-hybridized carbons (Fsp3) is 0.318. The molecule has 3 rings (SSSR count). The van der Waals surface area contributed by atoms with Crippen LogP contribution >= 0.6 is 11.6 Å². The van der Waals surface area contributed by atoms with Crippen molar-refractivity contribution in [1.29, 1.82) is 5.26 Å². The standard InChI is InChI=1S/C22H23ClN4O4S/c23-17-8-10-19(11-9-17)32(30,31)27-14-4-3-6-18(27)12-13-25-21(28)22(29)26-20-7-2-1-5-16(20)15-24/h1-2,5,7-11,18H,3-4,6,12-14H2,(H,25,28)(H,26,29)/t18-/m0/s1. The maximum Gasteiger partial charge on any atom is 0.313 e. The van der Waals surface area contributed by atoms with E-state index in [1.165, 1.54) is 40.7 Å². The molecule has 168 valence electrons. The first kappa shape index (κ1) is 23.7. The van der Waals surface area contributed by atoms with Crippen molar-refractivity contribution in [2.24, 2.45) is 0 Å². The Morgan fingerprint density at radius 1 is 1.09 bits per heavy atom. The van der Waals surface area contributed by atoms with E-state index in [1.807, 2.05) is 6.07 Å². The Hall–Kier alpha value is -2.93. The summed E-state index contributed by atoms with van der Waals surface area (Å²) in [5.74, 6) is -1.73. The van der Waals surface area contributed by atoms with Crippen molar-refractivity contribution in [2.45, 2.75) is 36.6 Å². The lowest BCUT2D eigenvalue weighted by Gasteiger charge is -2.34. The van der Waals surface area contributed by atoms with Gasteiger partial charge in [0.2, 0.25) is 10.0 Å². The van der Waals surface area contributed by atoms with Crippen molar-refractivity contribution in [3.05, 3.63) is 59.1 Å². The van der Waals surface area contributed by atoms with Crippen LogP contribution in [0.2, 0.25) is 5.02 Å². The second-order valence-electron chi connectivity index (χ2n) is 7.38. The number of halogens is 1. The van der Waals surface area contributed by atoms with Gasteiger partial charge in [-0.05, 0) is 55.7 Å². The van der Waals surface area contributed by atoms with Gasteiger partial charge in [0.05, 0.1) is 16.1 Å². The van der Waals surface area contributed by atoms with Crippen LogP contribution in [0.4, 0.5) is 5.69 Å².